The summed E-state index contributed by atoms with van der Waals surface area (Å²) >= 11 is 0. The highest BCUT2D eigenvalue weighted by Crippen LogP contribution is 2.24. The molecule has 6 heteroatoms. The summed E-state index contributed by atoms with van der Waals surface area (Å²) < 4.78 is 5.29. The number of rotatable bonds is 5. The zero-order valence-electron chi connectivity index (χ0n) is 13.4. The molecule has 1 aromatic rings. The SMILES string of the molecule is COc1ncnc(N2CCCN(CC(C)CN)CC2)c1C. The van der Waals surface area contributed by atoms with Crippen LogP contribution in [0.4, 0.5) is 5.82 Å². The van der Waals surface area contributed by atoms with E-state index in [1.165, 1.54) is 0 Å². The van der Waals surface area contributed by atoms with E-state index >= 15 is 0 Å². The first-order valence-corrected chi connectivity index (χ1v) is 7.68. The average Bonchev–Trinajstić information content (AvgIpc) is 2.73. The minimum Gasteiger partial charge on any atom is -0.481 e. The standard InChI is InChI=1S/C15H27N5O/c1-12(9-16)10-19-5-4-6-20(8-7-19)14-13(2)15(21-3)18-11-17-14/h11-12H,4-10,16H2,1-3H3. The van der Waals surface area contributed by atoms with Gasteiger partial charge in [-0.25, -0.2) is 9.97 Å². The van der Waals surface area contributed by atoms with Crippen molar-refractivity contribution >= 4 is 5.82 Å². The van der Waals surface area contributed by atoms with Crippen LogP contribution in [0.1, 0.15) is 18.9 Å². The van der Waals surface area contributed by atoms with E-state index in [2.05, 4.69) is 26.7 Å². The van der Waals surface area contributed by atoms with E-state index in [9.17, 15) is 0 Å². The second-order valence-corrected chi connectivity index (χ2v) is 5.81. The molecule has 21 heavy (non-hydrogen) atoms. The van der Waals surface area contributed by atoms with Crippen LogP contribution in [-0.4, -0.2) is 61.2 Å². The zero-order valence-corrected chi connectivity index (χ0v) is 13.4. The number of nitrogens with zero attached hydrogens (tertiary/aromatic N) is 4. The molecule has 1 fully saturated rings. The van der Waals surface area contributed by atoms with Gasteiger partial charge in [-0.05, 0) is 32.4 Å². The van der Waals surface area contributed by atoms with E-state index in [4.69, 9.17) is 10.5 Å². The van der Waals surface area contributed by atoms with Gasteiger partial charge in [-0.2, -0.15) is 0 Å². The van der Waals surface area contributed by atoms with Gasteiger partial charge in [-0.1, -0.05) is 6.92 Å². The third kappa shape index (κ3) is 4.04. The van der Waals surface area contributed by atoms with Gasteiger partial charge in [-0.3, -0.25) is 0 Å². The molecule has 0 spiro atoms. The van der Waals surface area contributed by atoms with Crippen LogP contribution in [0.25, 0.3) is 0 Å². The first-order chi connectivity index (χ1) is 10.2. The summed E-state index contributed by atoms with van der Waals surface area (Å²) in [6, 6.07) is 0. The molecule has 0 saturated carbocycles. The molecule has 2 N–H and O–H groups in total. The average molecular weight is 293 g/mol. The largest absolute Gasteiger partial charge is 0.481 e. The van der Waals surface area contributed by atoms with Gasteiger partial charge in [0, 0.05) is 26.2 Å². The molecular weight excluding hydrogens is 266 g/mol. The fourth-order valence-electron chi connectivity index (χ4n) is 2.83. The lowest BCUT2D eigenvalue weighted by molar-refractivity contribution is 0.255. The monoisotopic (exact) mass is 293 g/mol. The Balaban J connectivity index is 2.03. The molecule has 0 bridgehead atoms. The minimum absolute atomic E-state index is 0.553. The summed E-state index contributed by atoms with van der Waals surface area (Å²) in [7, 11) is 1.65. The van der Waals surface area contributed by atoms with Crippen LogP contribution >= 0.6 is 0 Å². The summed E-state index contributed by atoms with van der Waals surface area (Å²) in [5, 5.41) is 0. The van der Waals surface area contributed by atoms with Crippen LogP contribution in [0.5, 0.6) is 5.88 Å². The van der Waals surface area contributed by atoms with Crippen molar-refractivity contribution in [2.45, 2.75) is 20.3 Å². The van der Waals surface area contributed by atoms with Gasteiger partial charge in [0.15, 0.2) is 0 Å². The van der Waals surface area contributed by atoms with Gasteiger partial charge in [0.05, 0.1) is 12.7 Å². The maximum Gasteiger partial charge on any atom is 0.221 e. The topological polar surface area (TPSA) is 67.5 Å². The van der Waals surface area contributed by atoms with Gasteiger partial charge in [0.1, 0.15) is 12.1 Å². The quantitative estimate of drug-likeness (QED) is 0.870. The number of nitrogens with two attached hydrogens (primary N) is 1. The number of anilines is 1. The van der Waals surface area contributed by atoms with Crippen molar-refractivity contribution in [3.8, 4) is 5.88 Å². The molecule has 1 unspecified atom stereocenters. The summed E-state index contributed by atoms with van der Waals surface area (Å²) in [6.07, 6.45) is 2.73. The predicted octanol–water partition coefficient (Wildman–Crippen LogP) is 0.901. The lowest BCUT2D eigenvalue weighted by Crippen LogP contribution is -2.35. The van der Waals surface area contributed by atoms with Crippen molar-refractivity contribution in [1.82, 2.24) is 14.9 Å². The van der Waals surface area contributed by atoms with E-state index in [0.717, 1.165) is 57.1 Å². The molecule has 2 heterocycles. The van der Waals surface area contributed by atoms with Crippen molar-refractivity contribution in [2.24, 2.45) is 11.7 Å². The van der Waals surface area contributed by atoms with Gasteiger partial charge < -0.3 is 20.3 Å². The summed E-state index contributed by atoms with van der Waals surface area (Å²) in [6.45, 7) is 10.2. The van der Waals surface area contributed by atoms with E-state index in [0.29, 0.717) is 11.8 Å². The van der Waals surface area contributed by atoms with Gasteiger partial charge in [0.2, 0.25) is 5.88 Å². The Kier molecular flexibility index (Phi) is 5.76. The Bertz CT molecular complexity index is 454. The Morgan fingerprint density at radius 1 is 1.29 bits per heavy atom. The van der Waals surface area contributed by atoms with Crippen molar-refractivity contribution in [2.75, 3.05) is 51.3 Å². The third-order valence-electron chi connectivity index (χ3n) is 4.06. The molecular formula is C15H27N5O. The highest BCUT2D eigenvalue weighted by atomic mass is 16.5. The molecule has 1 atom stereocenters. The first kappa shape index (κ1) is 16.0. The fraction of sp³-hybridized carbons (Fsp3) is 0.733. The van der Waals surface area contributed by atoms with Crippen LogP contribution in [0.3, 0.4) is 0 Å². The number of aromatic nitrogens is 2. The summed E-state index contributed by atoms with van der Waals surface area (Å²) in [4.78, 5) is 13.5. The van der Waals surface area contributed by atoms with E-state index in [1.54, 1.807) is 13.4 Å². The van der Waals surface area contributed by atoms with Crippen LogP contribution in [0.2, 0.25) is 0 Å². The Labute approximate surface area is 127 Å². The molecule has 118 valence electrons. The highest BCUT2D eigenvalue weighted by Gasteiger charge is 2.19. The van der Waals surface area contributed by atoms with Crippen molar-refractivity contribution in [1.29, 1.82) is 0 Å². The molecule has 2 rings (SSSR count). The second-order valence-electron chi connectivity index (χ2n) is 5.81. The van der Waals surface area contributed by atoms with Gasteiger partial charge in [0.25, 0.3) is 0 Å². The first-order valence-electron chi connectivity index (χ1n) is 7.68. The highest BCUT2D eigenvalue weighted by molar-refractivity contribution is 5.50. The van der Waals surface area contributed by atoms with Crippen molar-refractivity contribution in [3.63, 3.8) is 0 Å². The van der Waals surface area contributed by atoms with Gasteiger partial charge >= 0.3 is 0 Å². The molecule has 6 nitrogen and oxygen atoms in total. The van der Waals surface area contributed by atoms with Crippen LogP contribution in [-0.2, 0) is 0 Å². The summed E-state index contributed by atoms with van der Waals surface area (Å²) in [5.41, 5.74) is 6.75. The van der Waals surface area contributed by atoms with E-state index in [-0.39, 0.29) is 0 Å². The Hall–Kier alpha value is -1.40. The van der Waals surface area contributed by atoms with E-state index < -0.39 is 0 Å². The molecule has 0 aliphatic carbocycles. The molecule has 0 aromatic carbocycles. The second kappa shape index (κ2) is 7.56. The normalized spacial score (nSPS) is 18.4. The number of ether oxygens (including phenoxy) is 1. The minimum atomic E-state index is 0.553. The lowest BCUT2D eigenvalue weighted by Gasteiger charge is -2.25. The van der Waals surface area contributed by atoms with E-state index in [1.807, 2.05) is 6.92 Å². The third-order valence-corrected chi connectivity index (χ3v) is 4.06. The smallest absolute Gasteiger partial charge is 0.221 e. The van der Waals surface area contributed by atoms with Crippen LogP contribution < -0.4 is 15.4 Å². The number of methoxy groups -OCH3 is 1. The van der Waals surface area contributed by atoms with Gasteiger partial charge in [-0.15, -0.1) is 0 Å². The fourth-order valence-corrected chi connectivity index (χ4v) is 2.83. The Morgan fingerprint density at radius 3 is 2.81 bits per heavy atom. The summed E-state index contributed by atoms with van der Waals surface area (Å²) in [5.74, 6) is 2.21. The van der Waals surface area contributed by atoms with Crippen molar-refractivity contribution < 1.29 is 4.74 Å². The molecule has 0 amide bonds. The zero-order chi connectivity index (χ0) is 15.2. The number of hydrogen-bond acceptors (Lipinski definition) is 6. The van der Waals surface area contributed by atoms with Crippen LogP contribution in [0.15, 0.2) is 6.33 Å². The molecule has 1 aliphatic heterocycles. The predicted molar refractivity (Wildman–Crippen MR) is 84.8 cm³/mol. The van der Waals surface area contributed by atoms with Crippen LogP contribution in [0, 0.1) is 12.8 Å². The maximum absolute atomic E-state index is 5.73. The molecule has 1 aliphatic rings. The number of hydrogen-bond donors (Lipinski definition) is 1. The lowest BCUT2D eigenvalue weighted by atomic mass is 10.1. The molecule has 1 saturated heterocycles. The molecule has 0 radical (unpaired) electrons. The maximum atomic E-state index is 5.73. The Morgan fingerprint density at radius 2 is 2.10 bits per heavy atom. The molecule has 1 aromatic heterocycles. The van der Waals surface area contributed by atoms with Crippen molar-refractivity contribution in [3.05, 3.63) is 11.9 Å².